The lowest BCUT2D eigenvalue weighted by atomic mass is 10.1. The Morgan fingerprint density at radius 3 is 2.46 bits per heavy atom. The van der Waals surface area contributed by atoms with Gasteiger partial charge in [0, 0.05) is 18.9 Å². The van der Waals surface area contributed by atoms with Gasteiger partial charge in [0.05, 0.1) is 30.2 Å². The number of anilines is 1. The largest absolute Gasteiger partial charge is 0.497 e. The number of methoxy groups -OCH3 is 1. The molecule has 28 heavy (non-hydrogen) atoms. The van der Waals surface area contributed by atoms with Gasteiger partial charge in [0.15, 0.2) is 0 Å². The summed E-state index contributed by atoms with van der Waals surface area (Å²) in [6, 6.07) is 11.4. The number of aryl methyl sites for hydroxylation is 1. The molecular weight excluding hydrogens is 360 g/mol. The maximum Gasteiger partial charge on any atom is 0.338 e. The van der Waals surface area contributed by atoms with Crippen molar-refractivity contribution in [2.45, 2.75) is 6.92 Å². The summed E-state index contributed by atoms with van der Waals surface area (Å²) < 4.78 is 11.8. The predicted octanol–water partition coefficient (Wildman–Crippen LogP) is 2.98. The van der Waals surface area contributed by atoms with Crippen molar-refractivity contribution in [1.82, 2.24) is 4.57 Å². The van der Waals surface area contributed by atoms with Gasteiger partial charge in [-0.1, -0.05) is 0 Å². The van der Waals surface area contributed by atoms with Crippen LogP contribution in [0.1, 0.15) is 27.6 Å². The number of benzene rings is 2. The molecule has 1 aromatic heterocycles. The van der Waals surface area contributed by atoms with E-state index in [9.17, 15) is 14.4 Å². The van der Waals surface area contributed by atoms with Gasteiger partial charge in [0.1, 0.15) is 11.3 Å². The number of hydrogen-bond donors (Lipinski definition) is 1. The van der Waals surface area contributed by atoms with Gasteiger partial charge >= 0.3 is 5.97 Å². The molecule has 0 aliphatic rings. The Kier molecular flexibility index (Phi) is 5.44. The molecule has 0 unspecified atom stereocenters. The molecule has 3 rings (SSSR count). The molecule has 3 aromatic rings. The van der Waals surface area contributed by atoms with Crippen LogP contribution in [-0.4, -0.2) is 30.2 Å². The molecular formula is C21H20N2O5. The molecule has 0 atom stereocenters. The number of carbonyl (C=O) groups is 2. The van der Waals surface area contributed by atoms with Crippen molar-refractivity contribution in [3.63, 3.8) is 0 Å². The molecule has 0 spiro atoms. The maximum atomic E-state index is 12.8. The monoisotopic (exact) mass is 380 g/mol. The fourth-order valence-electron chi connectivity index (χ4n) is 2.86. The summed E-state index contributed by atoms with van der Waals surface area (Å²) in [6.07, 6.45) is 1.50. The molecule has 0 aliphatic carbocycles. The average molecular weight is 380 g/mol. The van der Waals surface area contributed by atoms with E-state index in [4.69, 9.17) is 9.47 Å². The summed E-state index contributed by atoms with van der Waals surface area (Å²) in [5.74, 6) is -0.427. The molecule has 2 aromatic carbocycles. The molecule has 0 saturated heterocycles. The van der Waals surface area contributed by atoms with E-state index in [2.05, 4.69) is 5.32 Å². The Morgan fingerprint density at radius 1 is 1.11 bits per heavy atom. The van der Waals surface area contributed by atoms with E-state index in [1.54, 1.807) is 61.0 Å². The first-order valence-corrected chi connectivity index (χ1v) is 8.70. The van der Waals surface area contributed by atoms with Gasteiger partial charge in [-0.2, -0.15) is 0 Å². The summed E-state index contributed by atoms with van der Waals surface area (Å²) in [4.78, 5) is 37.2. The first-order chi connectivity index (χ1) is 13.4. The van der Waals surface area contributed by atoms with Crippen molar-refractivity contribution in [3.8, 4) is 5.75 Å². The minimum atomic E-state index is -0.533. The molecule has 0 fully saturated rings. The van der Waals surface area contributed by atoms with Crippen LogP contribution in [0.15, 0.2) is 53.5 Å². The van der Waals surface area contributed by atoms with E-state index in [1.807, 2.05) is 0 Å². The Bertz CT molecular complexity index is 1100. The summed E-state index contributed by atoms with van der Waals surface area (Å²) in [5, 5.41) is 3.08. The van der Waals surface area contributed by atoms with Crippen LogP contribution in [0.3, 0.4) is 0 Å². The number of rotatable bonds is 5. The van der Waals surface area contributed by atoms with E-state index < -0.39 is 11.9 Å². The molecule has 1 amide bonds. The lowest BCUT2D eigenvalue weighted by Gasteiger charge is -2.11. The van der Waals surface area contributed by atoms with Crippen LogP contribution in [0.4, 0.5) is 5.69 Å². The lowest BCUT2D eigenvalue weighted by Crippen LogP contribution is -2.23. The molecule has 0 saturated carbocycles. The molecule has 7 nitrogen and oxygen atoms in total. The topological polar surface area (TPSA) is 86.6 Å². The third kappa shape index (κ3) is 3.73. The number of hydrogen-bond acceptors (Lipinski definition) is 5. The van der Waals surface area contributed by atoms with Crippen molar-refractivity contribution in [1.29, 1.82) is 0 Å². The second-order valence-corrected chi connectivity index (χ2v) is 6.12. The number of carbonyl (C=O) groups excluding carboxylic acids is 2. The predicted molar refractivity (Wildman–Crippen MR) is 106 cm³/mol. The summed E-state index contributed by atoms with van der Waals surface area (Å²) in [5.41, 5.74) is 1.17. The molecule has 1 N–H and O–H groups in total. The second-order valence-electron chi connectivity index (χ2n) is 6.12. The van der Waals surface area contributed by atoms with Crippen LogP contribution in [0, 0.1) is 0 Å². The molecule has 0 bridgehead atoms. The SMILES string of the molecule is CCOC(=O)c1ccc(NC(=O)c2cn(C)c3ccc(OC)cc3c2=O)cc1. The zero-order chi connectivity index (χ0) is 20.3. The molecule has 7 heteroatoms. The molecule has 144 valence electrons. The number of nitrogens with zero attached hydrogens (tertiary/aromatic N) is 1. The zero-order valence-electron chi connectivity index (χ0n) is 15.8. The maximum absolute atomic E-state index is 12.8. The van der Waals surface area contributed by atoms with Gasteiger partial charge < -0.3 is 19.4 Å². The number of aromatic nitrogens is 1. The van der Waals surface area contributed by atoms with E-state index in [0.717, 1.165) is 0 Å². The molecule has 0 aliphatic heterocycles. The van der Waals surface area contributed by atoms with Gasteiger partial charge in [-0.3, -0.25) is 9.59 Å². The summed E-state index contributed by atoms with van der Waals surface area (Å²) in [7, 11) is 3.28. The second kappa shape index (κ2) is 7.96. The molecule has 1 heterocycles. The van der Waals surface area contributed by atoms with Gasteiger partial charge in [-0.05, 0) is 49.4 Å². The van der Waals surface area contributed by atoms with Gasteiger partial charge in [0.25, 0.3) is 5.91 Å². The van der Waals surface area contributed by atoms with Crippen LogP contribution in [-0.2, 0) is 11.8 Å². The first kappa shape index (κ1) is 19.2. The van der Waals surface area contributed by atoms with Crippen molar-refractivity contribution in [2.75, 3.05) is 19.0 Å². The van der Waals surface area contributed by atoms with Crippen LogP contribution in [0.5, 0.6) is 5.75 Å². The Labute approximate surface area is 161 Å². The van der Waals surface area contributed by atoms with Crippen molar-refractivity contribution >= 4 is 28.5 Å². The van der Waals surface area contributed by atoms with Crippen LogP contribution in [0.2, 0.25) is 0 Å². The van der Waals surface area contributed by atoms with Crippen LogP contribution < -0.4 is 15.5 Å². The Hall–Kier alpha value is -3.61. The van der Waals surface area contributed by atoms with E-state index >= 15 is 0 Å². The van der Waals surface area contributed by atoms with Gasteiger partial charge in [-0.25, -0.2) is 4.79 Å². The van der Waals surface area contributed by atoms with E-state index in [-0.39, 0.29) is 17.6 Å². The van der Waals surface area contributed by atoms with Gasteiger partial charge in [-0.15, -0.1) is 0 Å². The zero-order valence-corrected chi connectivity index (χ0v) is 15.8. The van der Waals surface area contributed by atoms with Crippen LogP contribution >= 0.6 is 0 Å². The van der Waals surface area contributed by atoms with Crippen LogP contribution in [0.25, 0.3) is 10.9 Å². The first-order valence-electron chi connectivity index (χ1n) is 8.70. The average Bonchev–Trinajstić information content (AvgIpc) is 2.70. The van der Waals surface area contributed by atoms with E-state index in [1.165, 1.54) is 13.3 Å². The third-order valence-corrected chi connectivity index (χ3v) is 4.29. The number of esters is 1. The lowest BCUT2D eigenvalue weighted by molar-refractivity contribution is 0.0526. The Balaban J connectivity index is 1.90. The van der Waals surface area contributed by atoms with Crippen molar-refractivity contribution in [3.05, 3.63) is 70.0 Å². The minimum absolute atomic E-state index is 0.0118. The van der Waals surface area contributed by atoms with Crippen molar-refractivity contribution < 1.29 is 19.1 Å². The number of nitrogens with one attached hydrogen (secondary N) is 1. The highest BCUT2D eigenvalue weighted by molar-refractivity contribution is 6.06. The standard InChI is InChI=1S/C21H20N2O5/c1-4-28-21(26)13-5-7-14(8-6-13)22-20(25)17-12-23(2)18-10-9-15(27-3)11-16(18)19(17)24/h5-12H,4H2,1-3H3,(H,22,25). The summed E-state index contributed by atoms with van der Waals surface area (Å²) >= 11 is 0. The van der Waals surface area contributed by atoms with Gasteiger partial charge in [0.2, 0.25) is 5.43 Å². The van der Waals surface area contributed by atoms with E-state index in [0.29, 0.717) is 27.9 Å². The number of pyridine rings is 1. The fraction of sp³-hybridized carbons (Fsp3) is 0.190. The normalized spacial score (nSPS) is 10.5. The fourth-order valence-corrected chi connectivity index (χ4v) is 2.86. The molecule has 0 radical (unpaired) electrons. The minimum Gasteiger partial charge on any atom is -0.497 e. The smallest absolute Gasteiger partial charge is 0.338 e. The highest BCUT2D eigenvalue weighted by Gasteiger charge is 2.16. The number of ether oxygens (including phenoxy) is 2. The summed E-state index contributed by atoms with van der Waals surface area (Å²) in [6.45, 7) is 2.01. The number of amides is 1. The quantitative estimate of drug-likeness (QED) is 0.688. The number of fused-ring (bicyclic) bond motifs is 1. The Morgan fingerprint density at radius 2 is 1.82 bits per heavy atom. The highest BCUT2D eigenvalue weighted by atomic mass is 16.5. The van der Waals surface area contributed by atoms with Crippen molar-refractivity contribution in [2.24, 2.45) is 7.05 Å². The highest BCUT2D eigenvalue weighted by Crippen LogP contribution is 2.19. The third-order valence-electron chi connectivity index (χ3n) is 4.29.